The minimum atomic E-state index is -8.42. The molecule has 0 radical (unpaired) electrons. The molecule has 0 aromatic heterocycles. The number of carbonyl (C=O) groups excluding carboxylic acids is 5. The Balaban J connectivity index is 0.000000518. The first-order valence-electron chi connectivity index (χ1n) is 33.8. The van der Waals surface area contributed by atoms with Crippen LogP contribution >= 0.6 is 7.60 Å². The molecule has 606 valence electrons. The summed E-state index contributed by atoms with van der Waals surface area (Å²) in [6.45, 7) is 11.0. The number of benzene rings is 3. The van der Waals surface area contributed by atoms with Gasteiger partial charge in [0.2, 0.25) is 17.7 Å². The van der Waals surface area contributed by atoms with E-state index < -0.39 is 159 Å². The maximum atomic E-state index is 13.6. The number of nitrogen functional groups attached to an aromatic ring is 1. The quantitative estimate of drug-likeness (QED) is 0.00680. The lowest BCUT2D eigenvalue weighted by Crippen LogP contribution is -2.73. The van der Waals surface area contributed by atoms with Gasteiger partial charge in [0.25, 0.3) is 10.1 Å². The number of carboxylic acid groups (broad SMARTS) is 3. The molecule has 107 heavy (non-hydrogen) atoms. The van der Waals surface area contributed by atoms with Crippen molar-refractivity contribution in [1.82, 2.24) is 16.0 Å². The van der Waals surface area contributed by atoms with Crippen molar-refractivity contribution in [2.75, 3.05) is 17.6 Å². The summed E-state index contributed by atoms with van der Waals surface area (Å²) in [5.74, 6) is -62.7. The molecule has 1 saturated carbocycles. The molecule has 22 nitrogen and oxygen atoms in total. The third-order valence-electron chi connectivity index (χ3n) is 18.7. The van der Waals surface area contributed by atoms with E-state index in [0.29, 0.717) is 44.9 Å². The standard InChI is InChI=1S/C26H29N3O8S.C18H36NO6P.C14H12F15NO3.C10H14/c1-12(13(2)26(33)34)25(32)29-15-9-7-14(8-10-15)28-18-11-19(38(35,36)37)22(27)21-20(18)23(30)16-5-3-4-6-17(16)24(21)31;1-4-5-6-7-8-9-10-11-12-13-16(26(23,24)25)19-17(20)14(2)15(3)18(21)22;1-4(5(2)7(32)33)6(31)30-3-8(15,16)9(17,18)10(19,20)11(21,22)12(23,24)13(25,26)14(27,28)29;1-3-9(2)10-7-5-4-6-8-10/h3-6,11-15,28H,7-10,27H2,1-2H3,(H,29,32)(H,33,34)(H,35,36,37);14-16H,4-13H2,1-3H3,(H,19,20)(H,21,22)(H2,23,24,25);4-5H,3H2,1-2H3,(H,30,31)(H,32,33);4-9H,3H2,1-2H3/t12-,13-,14?,15?;14-,15-,16?;4-,5-;9-/m1111/s1. The fourth-order valence-electron chi connectivity index (χ4n) is 10.6. The molecule has 3 aromatic carbocycles. The Hall–Kier alpha value is -7.57. The summed E-state index contributed by atoms with van der Waals surface area (Å²) in [6.07, 6.45) is 5.67. The van der Waals surface area contributed by atoms with Crippen LogP contribution in [0.4, 0.5) is 77.2 Å². The van der Waals surface area contributed by atoms with Crippen LogP contribution in [0.5, 0.6) is 0 Å². The van der Waals surface area contributed by atoms with Gasteiger partial charge in [-0.25, -0.2) is 0 Å². The van der Waals surface area contributed by atoms with Crippen molar-refractivity contribution in [1.29, 1.82) is 0 Å². The van der Waals surface area contributed by atoms with E-state index in [0.717, 1.165) is 37.6 Å². The number of anilines is 2. The van der Waals surface area contributed by atoms with Crippen molar-refractivity contribution in [2.24, 2.45) is 35.5 Å². The van der Waals surface area contributed by atoms with Crippen LogP contribution in [0.25, 0.3) is 0 Å². The molecule has 2 aliphatic rings. The van der Waals surface area contributed by atoms with Crippen LogP contribution in [0.15, 0.2) is 65.6 Å². The zero-order valence-electron chi connectivity index (χ0n) is 59.6. The third-order valence-corrected chi connectivity index (χ3v) is 20.8. The Labute approximate surface area is 607 Å². The summed E-state index contributed by atoms with van der Waals surface area (Å²) in [5, 5.41) is 35.9. The summed E-state index contributed by atoms with van der Waals surface area (Å²) in [4.78, 5) is 114. The van der Waals surface area contributed by atoms with E-state index in [1.165, 1.54) is 77.0 Å². The molecule has 0 aliphatic heterocycles. The van der Waals surface area contributed by atoms with Gasteiger partial charge in [-0.15, -0.1) is 0 Å². The Kier molecular flexibility index (Phi) is 35.0. The number of nitrogens with two attached hydrogens (primary N) is 1. The van der Waals surface area contributed by atoms with E-state index in [1.54, 1.807) is 19.1 Å². The number of ketones is 2. The van der Waals surface area contributed by atoms with Crippen molar-refractivity contribution in [3.63, 3.8) is 0 Å². The Bertz CT molecular complexity index is 3720. The Morgan fingerprint density at radius 3 is 1.36 bits per heavy atom. The first-order chi connectivity index (χ1) is 48.9. The lowest BCUT2D eigenvalue weighted by molar-refractivity contribution is -0.451. The molecular weight excluding hydrogens is 1510 g/mol. The summed E-state index contributed by atoms with van der Waals surface area (Å²) in [6, 6.07) is 17.5. The molecule has 0 spiro atoms. The molecular formula is C68H91F15N5O17PS. The molecule has 3 aromatic rings. The predicted octanol–water partition coefficient (Wildman–Crippen LogP) is 14.4. The zero-order chi connectivity index (χ0) is 82.7. The molecule has 2 aliphatic carbocycles. The van der Waals surface area contributed by atoms with Gasteiger partial charge < -0.3 is 52.1 Å². The molecule has 12 N–H and O–H groups in total. The highest BCUT2D eigenvalue weighted by atomic mass is 32.2. The fourth-order valence-corrected chi connectivity index (χ4v) is 12.1. The van der Waals surface area contributed by atoms with Crippen molar-refractivity contribution in [3.8, 4) is 0 Å². The van der Waals surface area contributed by atoms with E-state index in [4.69, 9.17) is 21.1 Å². The van der Waals surface area contributed by atoms with Crippen LogP contribution in [0, 0.1) is 35.5 Å². The first kappa shape index (κ1) is 95.5. The third kappa shape index (κ3) is 24.2. The van der Waals surface area contributed by atoms with E-state index in [-0.39, 0.29) is 52.4 Å². The number of nitrogens with one attached hydrogen (secondary N) is 4. The van der Waals surface area contributed by atoms with Gasteiger partial charge >= 0.3 is 67.2 Å². The average molecular weight is 1600 g/mol. The van der Waals surface area contributed by atoms with Gasteiger partial charge in [0, 0.05) is 46.7 Å². The number of rotatable bonds is 34. The van der Waals surface area contributed by atoms with Crippen LogP contribution in [0.3, 0.4) is 0 Å². The number of hydrogen-bond acceptors (Lipinski definition) is 13. The van der Waals surface area contributed by atoms with Crippen molar-refractivity contribution < 1.29 is 147 Å². The minimum Gasteiger partial charge on any atom is -0.481 e. The summed E-state index contributed by atoms with van der Waals surface area (Å²) >= 11 is 0. The second kappa shape index (κ2) is 39.2. The first-order valence-corrected chi connectivity index (χ1v) is 36.9. The Morgan fingerprint density at radius 1 is 0.542 bits per heavy atom. The Morgan fingerprint density at radius 2 is 0.935 bits per heavy atom. The molecule has 0 bridgehead atoms. The maximum absolute atomic E-state index is 13.6. The van der Waals surface area contributed by atoms with Gasteiger partial charge in [-0.3, -0.25) is 47.5 Å². The number of carboxylic acids is 3. The molecule has 8 atom stereocenters. The molecule has 0 saturated heterocycles. The van der Waals surface area contributed by atoms with Crippen LogP contribution < -0.4 is 27.0 Å². The lowest BCUT2D eigenvalue weighted by Gasteiger charge is -2.41. The smallest absolute Gasteiger partial charge is 0.460 e. The van der Waals surface area contributed by atoms with Crippen LogP contribution in [0.1, 0.15) is 202 Å². The molecule has 0 heterocycles. The molecule has 1 fully saturated rings. The summed E-state index contributed by atoms with van der Waals surface area (Å²) < 4.78 is 241. The number of halogens is 15. The summed E-state index contributed by atoms with van der Waals surface area (Å²) in [7, 11) is -9.29. The van der Waals surface area contributed by atoms with Crippen LogP contribution in [-0.2, 0) is 43.5 Å². The summed E-state index contributed by atoms with van der Waals surface area (Å²) in [5.41, 5.74) is 6.99. The topological polar surface area (TPSA) is 383 Å². The number of aliphatic carboxylic acids is 3. The normalized spacial score (nSPS) is 17.4. The highest BCUT2D eigenvalue weighted by Gasteiger charge is 2.93. The second-order valence-corrected chi connectivity index (χ2v) is 29.6. The SMILES string of the molecule is CCCCCCCCCCCC(NC(=O)[C@H](C)[C@@H](C)C(=O)O)P(=O)(O)O.CC[C@@H](C)c1ccccc1.C[C@@H](C(=O)O)[C@@H](C)C(=O)NC1CCC(Nc2cc(S(=O)(=O)O)c(N)c3c2C(=O)c2ccccc2C3=O)CC1.C[C@@H](C(=O)O)[C@@H](C)C(=O)NCC(F)(F)C(F)(F)C(F)(F)C(F)(F)C(F)(F)C(F)(F)C(F)(F)F. The van der Waals surface area contributed by atoms with Gasteiger partial charge in [0.05, 0.1) is 41.1 Å². The number of alkyl halides is 15. The van der Waals surface area contributed by atoms with Gasteiger partial charge in [0.15, 0.2) is 11.6 Å². The van der Waals surface area contributed by atoms with Gasteiger partial charge in [0.1, 0.15) is 10.7 Å². The van der Waals surface area contributed by atoms with E-state index in [1.807, 2.05) is 0 Å². The highest BCUT2D eigenvalue weighted by Crippen LogP contribution is 2.62. The molecule has 39 heteroatoms. The van der Waals surface area contributed by atoms with Gasteiger partial charge in [-0.2, -0.15) is 74.3 Å². The van der Waals surface area contributed by atoms with E-state index in [2.05, 4.69) is 67.1 Å². The average Bonchev–Trinajstić information content (AvgIpc) is 0.708. The van der Waals surface area contributed by atoms with Crippen molar-refractivity contribution >= 4 is 76.3 Å². The predicted molar refractivity (Wildman–Crippen MR) is 359 cm³/mol. The lowest BCUT2D eigenvalue weighted by atomic mass is 9.82. The number of amides is 3. The van der Waals surface area contributed by atoms with Gasteiger partial charge in [-0.05, 0) is 56.1 Å². The maximum Gasteiger partial charge on any atom is 0.460 e. The molecule has 1 unspecified atom stereocenters. The highest BCUT2D eigenvalue weighted by molar-refractivity contribution is 7.86. The molecule has 3 amide bonds. The van der Waals surface area contributed by atoms with Crippen molar-refractivity contribution in [3.05, 3.63) is 88.5 Å². The largest absolute Gasteiger partial charge is 0.481 e. The van der Waals surface area contributed by atoms with E-state index in [9.17, 15) is 132 Å². The fraction of sp³-hybridized carbons (Fsp3) is 0.618. The number of fused-ring (bicyclic) bond motifs is 2. The number of carbonyl (C=O) groups is 8. The monoisotopic (exact) mass is 1600 g/mol. The van der Waals surface area contributed by atoms with Gasteiger partial charge in [-0.1, -0.05) is 175 Å². The number of unbranched alkanes of at least 4 members (excludes halogenated alkanes) is 8. The zero-order valence-corrected chi connectivity index (χ0v) is 61.3. The van der Waals surface area contributed by atoms with Crippen molar-refractivity contribution in [2.45, 2.75) is 229 Å². The van der Waals surface area contributed by atoms with E-state index >= 15 is 0 Å². The second-order valence-electron chi connectivity index (χ2n) is 26.5. The van der Waals surface area contributed by atoms with Crippen LogP contribution in [0.2, 0.25) is 0 Å². The molecule has 5 rings (SSSR count). The van der Waals surface area contributed by atoms with Crippen LogP contribution in [-0.4, -0.2) is 151 Å². The number of hydrogen-bond donors (Lipinski definition) is 11. The minimum absolute atomic E-state index is 0.0505.